The molecule has 4 rings (SSSR count). The van der Waals surface area contributed by atoms with Crippen LogP contribution in [0.2, 0.25) is 0 Å². The van der Waals surface area contributed by atoms with Gasteiger partial charge in [0.05, 0.1) is 28.8 Å². The molecule has 1 saturated heterocycles. The molecule has 0 aliphatic carbocycles. The van der Waals surface area contributed by atoms with Gasteiger partial charge < -0.3 is 14.7 Å². The standard InChI is InChI=1S/C25H27FN6O3/c1-18-24(17-28-32(18)22-6-3-20(26)4-7-22)35-25(34)29-21-5-8-23(19(15-21)16-27)31-12-10-30(11-13-31)9-2-14-33/h3-8,15,17,33H,2,9-14H2,1H3,(H,29,34). The van der Waals surface area contributed by atoms with Crippen LogP contribution in [0.1, 0.15) is 17.7 Å². The van der Waals surface area contributed by atoms with E-state index in [1.807, 2.05) is 6.07 Å². The van der Waals surface area contributed by atoms with Crippen molar-refractivity contribution in [3.63, 3.8) is 0 Å². The Morgan fingerprint density at radius 2 is 1.94 bits per heavy atom. The Labute approximate surface area is 202 Å². The second-order valence-corrected chi connectivity index (χ2v) is 8.25. The second kappa shape index (κ2) is 11.0. The number of aliphatic hydroxyl groups excluding tert-OH is 1. The smallest absolute Gasteiger partial charge is 0.406 e. The van der Waals surface area contributed by atoms with Gasteiger partial charge in [0.15, 0.2) is 5.75 Å². The first kappa shape index (κ1) is 24.2. The molecule has 182 valence electrons. The van der Waals surface area contributed by atoms with Crippen LogP contribution in [0.3, 0.4) is 0 Å². The fourth-order valence-corrected chi connectivity index (χ4v) is 4.07. The van der Waals surface area contributed by atoms with Gasteiger partial charge in [0, 0.05) is 45.0 Å². The summed E-state index contributed by atoms with van der Waals surface area (Å²) in [6.45, 7) is 6.09. The molecular weight excluding hydrogens is 451 g/mol. The minimum Gasteiger partial charge on any atom is -0.406 e. The summed E-state index contributed by atoms with van der Waals surface area (Å²) in [4.78, 5) is 16.9. The Morgan fingerprint density at radius 3 is 2.63 bits per heavy atom. The highest BCUT2D eigenvalue weighted by atomic mass is 19.1. The summed E-state index contributed by atoms with van der Waals surface area (Å²) in [6.07, 6.45) is 1.47. The molecule has 2 heterocycles. The number of nitrogens with one attached hydrogen (secondary N) is 1. The van der Waals surface area contributed by atoms with Gasteiger partial charge in [-0.3, -0.25) is 10.2 Å². The molecule has 0 atom stereocenters. The number of carbonyl (C=O) groups is 1. The number of hydrogen-bond acceptors (Lipinski definition) is 7. The van der Waals surface area contributed by atoms with E-state index in [4.69, 9.17) is 9.84 Å². The first-order chi connectivity index (χ1) is 17.0. The van der Waals surface area contributed by atoms with Crippen molar-refractivity contribution in [1.82, 2.24) is 14.7 Å². The van der Waals surface area contributed by atoms with Gasteiger partial charge in [-0.2, -0.15) is 10.4 Å². The first-order valence-electron chi connectivity index (χ1n) is 11.4. The minimum absolute atomic E-state index is 0.186. The largest absolute Gasteiger partial charge is 0.417 e. The van der Waals surface area contributed by atoms with Crippen molar-refractivity contribution in [3.8, 4) is 17.5 Å². The zero-order valence-electron chi connectivity index (χ0n) is 19.4. The van der Waals surface area contributed by atoms with E-state index in [9.17, 15) is 14.4 Å². The number of hydrogen-bond donors (Lipinski definition) is 2. The van der Waals surface area contributed by atoms with Crippen LogP contribution in [0.25, 0.3) is 5.69 Å². The molecule has 2 aromatic carbocycles. The van der Waals surface area contributed by atoms with E-state index in [1.165, 1.54) is 18.3 Å². The number of halogens is 1. The lowest BCUT2D eigenvalue weighted by Gasteiger charge is -2.36. The number of aromatic nitrogens is 2. The van der Waals surface area contributed by atoms with E-state index in [-0.39, 0.29) is 18.2 Å². The topological polar surface area (TPSA) is 107 Å². The molecule has 1 aliphatic heterocycles. The summed E-state index contributed by atoms with van der Waals surface area (Å²) in [5, 5.41) is 25.6. The van der Waals surface area contributed by atoms with Crippen LogP contribution in [-0.4, -0.2) is 65.2 Å². The molecule has 1 fully saturated rings. The second-order valence-electron chi connectivity index (χ2n) is 8.25. The van der Waals surface area contributed by atoms with Gasteiger partial charge >= 0.3 is 6.09 Å². The highest BCUT2D eigenvalue weighted by molar-refractivity contribution is 5.87. The lowest BCUT2D eigenvalue weighted by atomic mass is 10.1. The number of amides is 1. The highest BCUT2D eigenvalue weighted by Crippen LogP contribution is 2.26. The third-order valence-corrected chi connectivity index (χ3v) is 5.95. The van der Waals surface area contributed by atoms with E-state index in [1.54, 1.807) is 35.9 Å². The van der Waals surface area contributed by atoms with Gasteiger partial charge in [-0.1, -0.05) is 0 Å². The quantitative estimate of drug-likeness (QED) is 0.537. The Kier molecular flexibility index (Phi) is 7.60. The van der Waals surface area contributed by atoms with E-state index in [2.05, 4.69) is 26.3 Å². The van der Waals surface area contributed by atoms with E-state index >= 15 is 0 Å². The molecule has 1 aliphatic rings. The zero-order chi connectivity index (χ0) is 24.8. The molecule has 10 heteroatoms. The van der Waals surface area contributed by atoms with Crippen LogP contribution in [0.5, 0.6) is 5.75 Å². The normalized spacial score (nSPS) is 13.9. The average Bonchev–Trinajstić information content (AvgIpc) is 3.23. The monoisotopic (exact) mass is 478 g/mol. The van der Waals surface area contributed by atoms with Gasteiger partial charge in [-0.05, 0) is 55.8 Å². The minimum atomic E-state index is -0.708. The van der Waals surface area contributed by atoms with E-state index < -0.39 is 6.09 Å². The Bertz CT molecular complexity index is 1210. The molecule has 2 N–H and O–H groups in total. The van der Waals surface area contributed by atoms with Crippen LogP contribution in [0.15, 0.2) is 48.7 Å². The number of aliphatic hydroxyl groups is 1. The molecule has 0 spiro atoms. The predicted molar refractivity (Wildman–Crippen MR) is 129 cm³/mol. The van der Waals surface area contributed by atoms with Crippen molar-refractivity contribution in [1.29, 1.82) is 5.26 Å². The summed E-state index contributed by atoms with van der Waals surface area (Å²) in [7, 11) is 0. The number of nitriles is 1. The molecule has 0 bridgehead atoms. The maximum absolute atomic E-state index is 13.2. The molecule has 3 aromatic rings. The third-order valence-electron chi connectivity index (χ3n) is 5.95. The molecule has 1 amide bonds. The molecule has 0 saturated carbocycles. The number of nitrogens with zero attached hydrogens (tertiary/aromatic N) is 5. The summed E-state index contributed by atoms with van der Waals surface area (Å²) in [5.74, 6) is -0.0829. The number of benzene rings is 2. The van der Waals surface area contributed by atoms with Crippen LogP contribution in [-0.2, 0) is 0 Å². The highest BCUT2D eigenvalue weighted by Gasteiger charge is 2.20. The number of piperazine rings is 1. The average molecular weight is 479 g/mol. The summed E-state index contributed by atoms with van der Waals surface area (Å²) >= 11 is 0. The zero-order valence-corrected chi connectivity index (χ0v) is 19.4. The maximum atomic E-state index is 13.2. The van der Waals surface area contributed by atoms with E-state index in [0.29, 0.717) is 22.6 Å². The Hall–Kier alpha value is -3.94. The lowest BCUT2D eigenvalue weighted by Crippen LogP contribution is -2.47. The summed E-state index contributed by atoms with van der Waals surface area (Å²) in [6, 6.07) is 13.2. The van der Waals surface area contributed by atoms with Crippen LogP contribution < -0.4 is 15.0 Å². The number of ether oxygens (including phenoxy) is 1. The molecular formula is C25H27FN6O3. The van der Waals surface area contributed by atoms with Crippen molar-refractivity contribution >= 4 is 17.5 Å². The van der Waals surface area contributed by atoms with Gasteiger partial charge in [0.1, 0.15) is 11.9 Å². The van der Waals surface area contributed by atoms with Gasteiger partial charge in [-0.25, -0.2) is 13.9 Å². The van der Waals surface area contributed by atoms with Crippen molar-refractivity contribution in [3.05, 3.63) is 65.7 Å². The predicted octanol–water partition coefficient (Wildman–Crippen LogP) is 3.31. The Balaban J connectivity index is 1.39. The lowest BCUT2D eigenvalue weighted by molar-refractivity contribution is 0.215. The fourth-order valence-electron chi connectivity index (χ4n) is 4.07. The first-order valence-corrected chi connectivity index (χ1v) is 11.4. The van der Waals surface area contributed by atoms with Crippen molar-refractivity contribution in [2.45, 2.75) is 13.3 Å². The van der Waals surface area contributed by atoms with Crippen molar-refractivity contribution in [2.24, 2.45) is 0 Å². The number of anilines is 2. The number of rotatable bonds is 7. The molecule has 9 nitrogen and oxygen atoms in total. The van der Waals surface area contributed by atoms with Crippen LogP contribution in [0.4, 0.5) is 20.6 Å². The maximum Gasteiger partial charge on any atom is 0.417 e. The number of carbonyl (C=O) groups excluding carboxylic acids is 1. The van der Waals surface area contributed by atoms with Gasteiger partial charge in [0.25, 0.3) is 0 Å². The van der Waals surface area contributed by atoms with Crippen LogP contribution >= 0.6 is 0 Å². The van der Waals surface area contributed by atoms with Crippen LogP contribution in [0, 0.1) is 24.1 Å². The Morgan fingerprint density at radius 1 is 1.20 bits per heavy atom. The summed E-state index contributed by atoms with van der Waals surface area (Å²) < 4.78 is 20.2. The molecule has 0 radical (unpaired) electrons. The van der Waals surface area contributed by atoms with Gasteiger partial charge in [0.2, 0.25) is 0 Å². The van der Waals surface area contributed by atoms with Crippen molar-refractivity contribution < 1.29 is 19.0 Å². The van der Waals surface area contributed by atoms with Gasteiger partial charge in [-0.15, -0.1) is 0 Å². The fraction of sp³-hybridized carbons (Fsp3) is 0.320. The third kappa shape index (κ3) is 5.77. The summed E-state index contributed by atoms with van der Waals surface area (Å²) in [5.41, 5.74) is 2.96. The molecule has 35 heavy (non-hydrogen) atoms. The SMILES string of the molecule is Cc1c(OC(=O)Nc2ccc(N3CCN(CCCO)CC3)c(C#N)c2)cnn1-c1ccc(F)cc1. The van der Waals surface area contributed by atoms with Crippen molar-refractivity contribution in [2.75, 3.05) is 49.5 Å². The molecule has 0 unspecified atom stereocenters. The van der Waals surface area contributed by atoms with E-state index in [0.717, 1.165) is 44.8 Å². The molecule has 1 aromatic heterocycles.